The van der Waals surface area contributed by atoms with Gasteiger partial charge in [-0.15, -0.1) is 0 Å². The summed E-state index contributed by atoms with van der Waals surface area (Å²) >= 11 is 0. The summed E-state index contributed by atoms with van der Waals surface area (Å²) < 4.78 is 0. The maximum absolute atomic E-state index is 12.8. The van der Waals surface area contributed by atoms with Crippen molar-refractivity contribution in [3.05, 3.63) is 78.1 Å². The third kappa shape index (κ3) is 3.60. The second-order valence-corrected chi connectivity index (χ2v) is 5.71. The van der Waals surface area contributed by atoms with E-state index in [4.69, 9.17) is 5.11 Å². The van der Waals surface area contributed by atoms with Gasteiger partial charge in [0.15, 0.2) is 0 Å². The number of pyridine rings is 1. The molecule has 0 bridgehead atoms. The Morgan fingerprint density at radius 1 is 1.04 bits per heavy atom. The van der Waals surface area contributed by atoms with Gasteiger partial charge in [-0.2, -0.15) is 0 Å². The Morgan fingerprint density at radius 2 is 1.79 bits per heavy atom. The SMILES string of the molecule is O=C(NC(CCCO)c1ccccc1)c1cncc2ccccc12. The molecule has 0 radical (unpaired) electrons. The Hall–Kier alpha value is -2.72. The first-order valence-corrected chi connectivity index (χ1v) is 8.09. The number of amides is 1. The van der Waals surface area contributed by atoms with Gasteiger partial charge in [0.2, 0.25) is 0 Å². The van der Waals surface area contributed by atoms with E-state index in [0.717, 1.165) is 16.3 Å². The summed E-state index contributed by atoms with van der Waals surface area (Å²) in [5.74, 6) is -0.147. The number of aliphatic hydroxyl groups excluding tert-OH is 1. The average Bonchev–Trinajstić information content (AvgIpc) is 2.65. The molecule has 1 amide bonds. The number of rotatable bonds is 6. The van der Waals surface area contributed by atoms with Crippen molar-refractivity contribution in [1.29, 1.82) is 0 Å². The van der Waals surface area contributed by atoms with Gasteiger partial charge in [0.25, 0.3) is 5.91 Å². The first-order chi connectivity index (χ1) is 11.8. The number of benzene rings is 2. The number of carbonyl (C=O) groups excluding carboxylic acids is 1. The van der Waals surface area contributed by atoms with Crippen LogP contribution in [0.15, 0.2) is 67.0 Å². The summed E-state index contributed by atoms with van der Waals surface area (Å²) in [5.41, 5.74) is 1.60. The summed E-state index contributed by atoms with van der Waals surface area (Å²) in [6.45, 7) is 0.106. The van der Waals surface area contributed by atoms with Gasteiger partial charge in [-0.25, -0.2) is 0 Å². The van der Waals surface area contributed by atoms with E-state index < -0.39 is 0 Å². The topological polar surface area (TPSA) is 62.2 Å². The van der Waals surface area contributed by atoms with Crippen LogP contribution in [0.4, 0.5) is 0 Å². The van der Waals surface area contributed by atoms with Gasteiger partial charge in [0, 0.05) is 24.4 Å². The lowest BCUT2D eigenvalue weighted by Gasteiger charge is -2.19. The lowest BCUT2D eigenvalue weighted by Crippen LogP contribution is -2.29. The monoisotopic (exact) mass is 320 g/mol. The number of hydrogen-bond acceptors (Lipinski definition) is 3. The maximum Gasteiger partial charge on any atom is 0.253 e. The van der Waals surface area contributed by atoms with Crippen LogP contribution < -0.4 is 5.32 Å². The van der Waals surface area contributed by atoms with E-state index in [-0.39, 0.29) is 18.6 Å². The van der Waals surface area contributed by atoms with Crippen molar-refractivity contribution in [2.45, 2.75) is 18.9 Å². The fourth-order valence-corrected chi connectivity index (χ4v) is 2.84. The maximum atomic E-state index is 12.8. The number of carbonyl (C=O) groups is 1. The molecule has 0 fully saturated rings. The third-order valence-corrected chi connectivity index (χ3v) is 4.07. The Morgan fingerprint density at radius 3 is 2.58 bits per heavy atom. The molecule has 0 aliphatic carbocycles. The molecule has 2 N–H and O–H groups in total. The predicted molar refractivity (Wildman–Crippen MR) is 94.7 cm³/mol. The molecule has 0 saturated carbocycles. The molecule has 0 aliphatic rings. The van der Waals surface area contributed by atoms with Crippen LogP contribution in [0.1, 0.15) is 34.8 Å². The zero-order chi connectivity index (χ0) is 16.8. The molecule has 4 nitrogen and oxygen atoms in total. The molecule has 1 heterocycles. The highest BCUT2D eigenvalue weighted by molar-refractivity contribution is 6.06. The highest BCUT2D eigenvalue weighted by Gasteiger charge is 2.17. The molecule has 1 aromatic heterocycles. The smallest absolute Gasteiger partial charge is 0.253 e. The second kappa shape index (κ2) is 7.70. The molecule has 0 aliphatic heterocycles. The normalized spacial score (nSPS) is 12.0. The summed E-state index contributed by atoms with van der Waals surface area (Å²) in [6.07, 6.45) is 4.68. The lowest BCUT2D eigenvalue weighted by atomic mass is 10.0. The van der Waals surface area contributed by atoms with E-state index in [0.29, 0.717) is 18.4 Å². The fraction of sp³-hybridized carbons (Fsp3) is 0.200. The minimum Gasteiger partial charge on any atom is -0.396 e. The number of hydrogen-bond donors (Lipinski definition) is 2. The van der Waals surface area contributed by atoms with Crippen molar-refractivity contribution in [2.75, 3.05) is 6.61 Å². The highest BCUT2D eigenvalue weighted by Crippen LogP contribution is 2.21. The molecule has 4 heteroatoms. The first-order valence-electron chi connectivity index (χ1n) is 8.09. The van der Waals surface area contributed by atoms with Gasteiger partial charge in [0.1, 0.15) is 0 Å². The first kappa shape index (κ1) is 16.1. The Kier molecular flexibility index (Phi) is 5.18. The van der Waals surface area contributed by atoms with Gasteiger partial charge >= 0.3 is 0 Å². The number of nitrogens with one attached hydrogen (secondary N) is 1. The van der Waals surface area contributed by atoms with E-state index in [1.165, 1.54) is 0 Å². The summed E-state index contributed by atoms with van der Waals surface area (Å²) in [7, 11) is 0. The highest BCUT2D eigenvalue weighted by atomic mass is 16.3. The molecule has 1 atom stereocenters. The van der Waals surface area contributed by atoms with Gasteiger partial charge in [-0.05, 0) is 23.8 Å². The number of aliphatic hydroxyl groups is 1. The van der Waals surface area contributed by atoms with E-state index >= 15 is 0 Å². The van der Waals surface area contributed by atoms with Crippen LogP contribution in [0.3, 0.4) is 0 Å². The van der Waals surface area contributed by atoms with Gasteiger partial charge < -0.3 is 10.4 Å². The average molecular weight is 320 g/mol. The zero-order valence-electron chi connectivity index (χ0n) is 13.4. The summed E-state index contributed by atoms with van der Waals surface area (Å²) in [6, 6.07) is 17.4. The number of aromatic nitrogens is 1. The van der Waals surface area contributed by atoms with E-state index in [1.807, 2.05) is 54.6 Å². The zero-order valence-corrected chi connectivity index (χ0v) is 13.4. The van der Waals surface area contributed by atoms with Crippen LogP contribution in [0.5, 0.6) is 0 Å². The minimum absolute atomic E-state index is 0.106. The molecule has 24 heavy (non-hydrogen) atoms. The molecule has 122 valence electrons. The lowest BCUT2D eigenvalue weighted by molar-refractivity contribution is 0.0933. The second-order valence-electron chi connectivity index (χ2n) is 5.71. The van der Waals surface area contributed by atoms with E-state index in [9.17, 15) is 4.79 Å². The van der Waals surface area contributed by atoms with Crippen LogP contribution >= 0.6 is 0 Å². The summed E-state index contributed by atoms with van der Waals surface area (Å²) in [4.78, 5) is 17.0. The Bertz CT molecular complexity index is 813. The van der Waals surface area contributed by atoms with Crippen LogP contribution in [-0.2, 0) is 0 Å². The molecule has 2 aromatic carbocycles. The third-order valence-electron chi connectivity index (χ3n) is 4.07. The van der Waals surface area contributed by atoms with Crippen molar-refractivity contribution in [3.63, 3.8) is 0 Å². The molecular weight excluding hydrogens is 300 g/mol. The van der Waals surface area contributed by atoms with Gasteiger partial charge in [-0.1, -0.05) is 54.6 Å². The molecule has 0 saturated heterocycles. The quantitative estimate of drug-likeness (QED) is 0.731. The van der Waals surface area contributed by atoms with Crippen molar-refractivity contribution < 1.29 is 9.90 Å². The van der Waals surface area contributed by atoms with Crippen molar-refractivity contribution in [2.24, 2.45) is 0 Å². The van der Waals surface area contributed by atoms with E-state index in [2.05, 4.69) is 10.3 Å². The van der Waals surface area contributed by atoms with Crippen LogP contribution in [0.2, 0.25) is 0 Å². The fourth-order valence-electron chi connectivity index (χ4n) is 2.84. The van der Waals surface area contributed by atoms with Crippen LogP contribution in [-0.4, -0.2) is 22.6 Å². The standard InChI is InChI=1S/C20H20N2O2/c23-12-6-11-19(15-7-2-1-3-8-15)22-20(24)18-14-21-13-16-9-4-5-10-17(16)18/h1-5,7-10,13-14,19,23H,6,11-12H2,(H,22,24). The number of fused-ring (bicyclic) bond motifs is 1. The molecule has 3 rings (SSSR count). The van der Waals surface area contributed by atoms with Crippen molar-refractivity contribution >= 4 is 16.7 Å². The van der Waals surface area contributed by atoms with E-state index in [1.54, 1.807) is 12.4 Å². The molecular formula is C20H20N2O2. The molecule has 0 spiro atoms. The minimum atomic E-state index is -0.147. The number of nitrogens with zero attached hydrogens (tertiary/aromatic N) is 1. The molecule has 1 unspecified atom stereocenters. The van der Waals surface area contributed by atoms with Gasteiger partial charge in [0.05, 0.1) is 11.6 Å². The van der Waals surface area contributed by atoms with Gasteiger partial charge in [-0.3, -0.25) is 9.78 Å². The summed E-state index contributed by atoms with van der Waals surface area (Å²) in [5, 5.41) is 14.0. The predicted octanol–water partition coefficient (Wildman–Crippen LogP) is 3.48. The van der Waals surface area contributed by atoms with Crippen LogP contribution in [0.25, 0.3) is 10.8 Å². The van der Waals surface area contributed by atoms with Crippen LogP contribution in [0, 0.1) is 0 Å². The Balaban J connectivity index is 1.87. The largest absolute Gasteiger partial charge is 0.396 e. The Labute approximate surface area is 141 Å². The molecule has 3 aromatic rings. The van der Waals surface area contributed by atoms with Crippen molar-refractivity contribution in [3.8, 4) is 0 Å². The van der Waals surface area contributed by atoms with Crippen molar-refractivity contribution in [1.82, 2.24) is 10.3 Å².